The van der Waals surface area contributed by atoms with E-state index in [0.717, 1.165) is 44.7 Å². The number of nitro benzene ring substituents is 1. The molecule has 1 heterocycles. The molecule has 0 spiro atoms. The van der Waals surface area contributed by atoms with Gasteiger partial charge in [-0.1, -0.05) is 19.3 Å². The molecule has 1 saturated heterocycles. The Bertz CT molecular complexity index is 559. The Labute approximate surface area is 136 Å². The standard InChI is InChI=1S/C17H23N3O3/c21-17(14-4-2-1-3-5-14)19-12-10-18(11-13-19)15-6-8-16(9-7-15)20(22)23/h6-9,14H,1-5,10-13H2/p+1. The largest absolute Gasteiger partial charge is 0.331 e. The van der Waals surface area contributed by atoms with Crippen molar-refractivity contribution in [3.8, 4) is 0 Å². The van der Waals surface area contributed by atoms with E-state index in [2.05, 4.69) is 0 Å². The summed E-state index contributed by atoms with van der Waals surface area (Å²) in [6, 6.07) is 6.77. The fourth-order valence-electron chi connectivity index (χ4n) is 3.71. The van der Waals surface area contributed by atoms with Crippen LogP contribution in [0.4, 0.5) is 11.4 Å². The van der Waals surface area contributed by atoms with E-state index in [4.69, 9.17) is 0 Å². The number of non-ortho nitro benzene ring substituents is 1. The average molecular weight is 318 g/mol. The lowest BCUT2D eigenvalue weighted by Gasteiger charge is -2.34. The third kappa shape index (κ3) is 3.69. The van der Waals surface area contributed by atoms with Gasteiger partial charge in [0.2, 0.25) is 5.91 Å². The fraction of sp³-hybridized carbons (Fsp3) is 0.588. The number of hydrogen-bond donors (Lipinski definition) is 1. The molecule has 1 aliphatic carbocycles. The Hall–Kier alpha value is -1.95. The van der Waals surface area contributed by atoms with Gasteiger partial charge in [-0.2, -0.15) is 0 Å². The number of carbonyl (C=O) groups excluding carboxylic acids is 1. The van der Waals surface area contributed by atoms with Crippen LogP contribution >= 0.6 is 0 Å². The van der Waals surface area contributed by atoms with Gasteiger partial charge in [-0.3, -0.25) is 19.8 Å². The van der Waals surface area contributed by atoms with Gasteiger partial charge in [-0.05, 0) is 12.8 Å². The number of nitro groups is 1. The molecule has 0 atom stereocenters. The van der Waals surface area contributed by atoms with Crippen LogP contribution in [0.15, 0.2) is 24.3 Å². The van der Waals surface area contributed by atoms with Crippen molar-refractivity contribution in [1.29, 1.82) is 0 Å². The topological polar surface area (TPSA) is 67.9 Å². The second-order valence-corrected chi connectivity index (χ2v) is 6.57. The zero-order valence-corrected chi connectivity index (χ0v) is 13.4. The molecule has 3 rings (SSSR count). The van der Waals surface area contributed by atoms with Crippen LogP contribution in [0.2, 0.25) is 0 Å². The molecule has 124 valence electrons. The predicted octanol–water partition coefficient (Wildman–Crippen LogP) is 1.53. The number of hydrogen-bond acceptors (Lipinski definition) is 3. The number of nitrogens with zero attached hydrogens (tertiary/aromatic N) is 2. The molecule has 6 heteroatoms. The number of carbonyl (C=O) groups is 1. The second kappa shape index (κ2) is 7.08. The molecular weight excluding hydrogens is 294 g/mol. The normalized spacial score (nSPS) is 20.4. The highest BCUT2D eigenvalue weighted by molar-refractivity contribution is 5.79. The van der Waals surface area contributed by atoms with Crippen molar-refractivity contribution in [3.63, 3.8) is 0 Å². The smallest absolute Gasteiger partial charge is 0.269 e. The van der Waals surface area contributed by atoms with Crippen molar-refractivity contribution in [2.75, 3.05) is 26.2 Å². The minimum Gasteiger partial charge on any atom is -0.331 e. The molecule has 0 aromatic heterocycles. The van der Waals surface area contributed by atoms with E-state index in [9.17, 15) is 14.9 Å². The van der Waals surface area contributed by atoms with Crippen molar-refractivity contribution in [3.05, 3.63) is 34.4 Å². The maximum atomic E-state index is 12.6. The van der Waals surface area contributed by atoms with Crippen LogP contribution in [0, 0.1) is 16.0 Å². The van der Waals surface area contributed by atoms with Gasteiger partial charge in [0.15, 0.2) is 0 Å². The third-order valence-corrected chi connectivity index (χ3v) is 5.12. The maximum absolute atomic E-state index is 12.6. The average Bonchev–Trinajstić information content (AvgIpc) is 2.62. The quantitative estimate of drug-likeness (QED) is 0.679. The van der Waals surface area contributed by atoms with E-state index in [1.165, 1.54) is 24.2 Å². The van der Waals surface area contributed by atoms with Crippen LogP contribution in [-0.4, -0.2) is 41.9 Å². The lowest BCUT2D eigenvalue weighted by molar-refractivity contribution is -0.837. The number of nitrogens with one attached hydrogen (secondary N) is 1. The van der Waals surface area contributed by atoms with E-state index in [0.29, 0.717) is 5.91 Å². The zero-order valence-electron chi connectivity index (χ0n) is 13.4. The molecule has 2 fully saturated rings. The SMILES string of the molecule is O=C(C1CCCCC1)N1CC[NH+](c2ccc([N+](=O)[O-])cc2)CC1. The number of piperazine rings is 1. The number of rotatable bonds is 3. The van der Waals surface area contributed by atoms with Gasteiger partial charge in [0.25, 0.3) is 5.69 Å². The summed E-state index contributed by atoms with van der Waals surface area (Å²) in [6.45, 7) is 3.30. The highest BCUT2D eigenvalue weighted by Crippen LogP contribution is 2.25. The molecule has 1 aromatic carbocycles. The summed E-state index contributed by atoms with van der Waals surface area (Å²) in [7, 11) is 0. The fourth-order valence-corrected chi connectivity index (χ4v) is 3.71. The number of quaternary nitrogens is 1. The van der Waals surface area contributed by atoms with Crippen LogP contribution in [0.3, 0.4) is 0 Å². The summed E-state index contributed by atoms with van der Waals surface area (Å²) in [5, 5.41) is 10.7. The summed E-state index contributed by atoms with van der Waals surface area (Å²) in [5.41, 5.74) is 1.19. The summed E-state index contributed by atoms with van der Waals surface area (Å²) in [6.07, 6.45) is 5.74. The molecule has 1 amide bonds. The highest BCUT2D eigenvalue weighted by atomic mass is 16.6. The molecule has 2 aliphatic rings. The van der Waals surface area contributed by atoms with Gasteiger partial charge in [-0.25, -0.2) is 0 Å². The van der Waals surface area contributed by atoms with Crippen molar-refractivity contribution in [2.24, 2.45) is 5.92 Å². The lowest BCUT2D eigenvalue weighted by atomic mass is 9.88. The minimum atomic E-state index is -0.375. The second-order valence-electron chi connectivity index (χ2n) is 6.57. The summed E-state index contributed by atoms with van der Waals surface area (Å²) in [5.74, 6) is 0.581. The zero-order chi connectivity index (χ0) is 16.2. The molecule has 1 saturated carbocycles. The van der Waals surface area contributed by atoms with Gasteiger partial charge >= 0.3 is 0 Å². The Morgan fingerprint density at radius 1 is 1.09 bits per heavy atom. The van der Waals surface area contributed by atoms with Gasteiger partial charge in [0.05, 0.1) is 31.1 Å². The van der Waals surface area contributed by atoms with Crippen molar-refractivity contribution >= 4 is 17.3 Å². The first kappa shape index (κ1) is 15.9. The molecule has 0 bridgehead atoms. The highest BCUT2D eigenvalue weighted by Gasteiger charge is 2.30. The van der Waals surface area contributed by atoms with E-state index in [-0.39, 0.29) is 16.5 Å². The monoisotopic (exact) mass is 318 g/mol. The molecule has 23 heavy (non-hydrogen) atoms. The Morgan fingerprint density at radius 3 is 2.26 bits per heavy atom. The van der Waals surface area contributed by atoms with E-state index >= 15 is 0 Å². The lowest BCUT2D eigenvalue weighted by Crippen LogP contribution is -3.10. The Balaban J connectivity index is 1.55. The van der Waals surface area contributed by atoms with Gasteiger partial charge < -0.3 is 4.90 Å². The van der Waals surface area contributed by atoms with Crippen LogP contribution in [0.25, 0.3) is 0 Å². The van der Waals surface area contributed by atoms with E-state index in [1.807, 2.05) is 17.0 Å². The molecule has 1 N–H and O–H groups in total. The summed E-state index contributed by atoms with van der Waals surface area (Å²) < 4.78 is 0. The van der Waals surface area contributed by atoms with Crippen molar-refractivity contribution in [2.45, 2.75) is 32.1 Å². The first-order chi connectivity index (χ1) is 11.1. The van der Waals surface area contributed by atoms with Gasteiger partial charge in [0, 0.05) is 30.2 Å². The van der Waals surface area contributed by atoms with Gasteiger partial charge in [0.1, 0.15) is 5.69 Å². The van der Waals surface area contributed by atoms with E-state index in [1.54, 1.807) is 12.1 Å². The molecule has 1 aliphatic heterocycles. The first-order valence-corrected chi connectivity index (χ1v) is 8.53. The maximum Gasteiger partial charge on any atom is 0.269 e. The van der Waals surface area contributed by atoms with Crippen LogP contribution in [-0.2, 0) is 4.79 Å². The minimum absolute atomic E-state index is 0.124. The summed E-state index contributed by atoms with van der Waals surface area (Å²) in [4.78, 5) is 26.2. The number of amides is 1. The number of benzene rings is 1. The first-order valence-electron chi connectivity index (χ1n) is 8.53. The van der Waals surface area contributed by atoms with E-state index < -0.39 is 0 Å². The molecule has 1 aromatic rings. The van der Waals surface area contributed by atoms with Crippen molar-refractivity contribution in [1.82, 2.24) is 4.90 Å². The van der Waals surface area contributed by atoms with Crippen LogP contribution in [0.5, 0.6) is 0 Å². The molecule has 0 radical (unpaired) electrons. The van der Waals surface area contributed by atoms with Crippen LogP contribution < -0.4 is 4.90 Å². The summed E-state index contributed by atoms with van der Waals surface area (Å²) >= 11 is 0. The Kier molecular flexibility index (Phi) is 4.91. The van der Waals surface area contributed by atoms with Crippen LogP contribution in [0.1, 0.15) is 32.1 Å². The predicted molar refractivity (Wildman–Crippen MR) is 86.6 cm³/mol. The Morgan fingerprint density at radius 2 is 1.70 bits per heavy atom. The third-order valence-electron chi connectivity index (χ3n) is 5.12. The molecule has 0 unspecified atom stereocenters. The molecule has 6 nitrogen and oxygen atoms in total. The van der Waals surface area contributed by atoms with Gasteiger partial charge in [-0.15, -0.1) is 0 Å². The molecular formula is C17H24N3O3+. The van der Waals surface area contributed by atoms with Crippen molar-refractivity contribution < 1.29 is 14.6 Å².